The highest BCUT2D eigenvalue weighted by atomic mass is 19.1. The fourth-order valence-corrected chi connectivity index (χ4v) is 2.19. The van der Waals surface area contributed by atoms with Crippen molar-refractivity contribution in [1.82, 2.24) is 10.3 Å². The largest absolute Gasteiger partial charge is 0.383 e. The number of aromatic nitrogens is 1. The van der Waals surface area contributed by atoms with Gasteiger partial charge in [-0.1, -0.05) is 0 Å². The highest BCUT2D eigenvalue weighted by Gasteiger charge is 2.19. The zero-order valence-corrected chi connectivity index (χ0v) is 10.7. The first-order chi connectivity index (χ1) is 9.02. The number of aryl methyl sites for hydroxylation is 1. The third-order valence-electron chi connectivity index (χ3n) is 3.03. The number of pyridine rings is 1. The van der Waals surface area contributed by atoms with Crippen molar-refractivity contribution in [2.45, 2.75) is 13.0 Å². The average molecular weight is 263 g/mol. The molecule has 100 valence electrons. The number of benzene rings is 1. The van der Waals surface area contributed by atoms with Crippen molar-refractivity contribution in [3.05, 3.63) is 58.8 Å². The second kappa shape index (κ2) is 5.32. The summed E-state index contributed by atoms with van der Waals surface area (Å²) in [6.07, 6.45) is 1.60. The van der Waals surface area contributed by atoms with Crippen LogP contribution in [0.1, 0.15) is 22.7 Å². The van der Waals surface area contributed by atoms with Crippen molar-refractivity contribution >= 4 is 5.82 Å². The zero-order valence-electron chi connectivity index (χ0n) is 10.7. The van der Waals surface area contributed by atoms with Gasteiger partial charge in [0, 0.05) is 17.8 Å². The molecule has 0 amide bonds. The van der Waals surface area contributed by atoms with Crippen LogP contribution >= 0.6 is 0 Å². The summed E-state index contributed by atoms with van der Waals surface area (Å²) in [7, 11) is 1.71. The van der Waals surface area contributed by atoms with Crippen LogP contribution < -0.4 is 11.1 Å². The number of hydrogen-bond acceptors (Lipinski definition) is 3. The van der Waals surface area contributed by atoms with Crippen LogP contribution in [0, 0.1) is 18.6 Å². The molecule has 0 saturated carbocycles. The van der Waals surface area contributed by atoms with E-state index < -0.39 is 17.7 Å². The molecule has 1 unspecified atom stereocenters. The summed E-state index contributed by atoms with van der Waals surface area (Å²) < 4.78 is 26.7. The zero-order chi connectivity index (χ0) is 14.0. The van der Waals surface area contributed by atoms with Crippen LogP contribution in [0.25, 0.3) is 0 Å². The number of halogens is 2. The molecule has 0 aliphatic heterocycles. The van der Waals surface area contributed by atoms with E-state index in [0.29, 0.717) is 11.4 Å². The van der Waals surface area contributed by atoms with Crippen LogP contribution in [0.5, 0.6) is 0 Å². The number of hydrogen-bond donors (Lipinski definition) is 2. The first-order valence-electron chi connectivity index (χ1n) is 5.87. The van der Waals surface area contributed by atoms with Crippen LogP contribution in [-0.2, 0) is 0 Å². The van der Waals surface area contributed by atoms with Gasteiger partial charge in [0.1, 0.15) is 17.5 Å². The summed E-state index contributed by atoms with van der Waals surface area (Å²) in [4.78, 5) is 4.03. The molecule has 5 heteroatoms. The maximum absolute atomic E-state index is 13.3. The Morgan fingerprint density at radius 2 is 1.84 bits per heavy atom. The molecule has 0 saturated heterocycles. The van der Waals surface area contributed by atoms with Gasteiger partial charge >= 0.3 is 0 Å². The van der Waals surface area contributed by atoms with Crippen LogP contribution in [0.4, 0.5) is 14.6 Å². The summed E-state index contributed by atoms with van der Waals surface area (Å²) in [6.45, 7) is 1.88. The standard InChI is InChI=1S/C14H15F2N3/c1-8-3-4-19-14(17)12(8)13(18-2)9-5-10(15)7-11(16)6-9/h3-7,13,18H,1-2H3,(H2,17,19). The van der Waals surface area contributed by atoms with Crippen LogP contribution in [-0.4, -0.2) is 12.0 Å². The maximum Gasteiger partial charge on any atom is 0.128 e. The fourth-order valence-electron chi connectivity index (χ4n) is 2.19. The summed E-state index contributed by atoms with van der Waals surface area (Å²) in [5.74, 6) is -0.880. The molecule has 0 spiro atoms. The SMILES string of the molecule is CNC(c1cc(F)cc(F)c1)c1c(C)ccnc1N. The molecule has 2 aromatic rings. The summed E-state index contributed by atoms with van der Waals surface area (Å²) >= 11 is 0. The number of rotatable bonds is 3. The predicted molar refractivity (Wildman–Crippen MR) is 70.6 cm³/mol. The van der Waals surface area contributed by atoms with E-state index in [4.69, 9.17) is 5.73 Å². The molecule has 3 N–H and O–H groups in total. The Morgan fingerprint density at radius 1 is 1.21 bits per heavy atom. The molecular formula is C14H15F2N3. The molecule has 2 rings (SSSR count). The van der Waals surface area contributed by atoms with Gasteiger partial charge in [-0.15, -0.1) is 0 Å². The molecule has 0 fully saturated rings. The summed E-state index contributed by atoms with van der Waals surface area (Å²) in [6, 6.07) is 4.83. The minimum absolute atomic E-state index is 0.351. The third kappa shape index (κ3) is 2.71. The molecular weight excluding hydrogens is 248 g/mol. The van der Waals surface area contributed by atoms with Gasteiger partial charge in [0.25, 0.3) is 0 Å². The molecule has 1 heterocycles. The second-order valence-electron chi connectivity index (χ2n) is 4.35. The van der Waals surface area contributed by atoms with Crippen LogP contribution in [0.2, 0.25) is 0 Å². The highest BCUT2D eigenvalue weighted by Crippen LogP contribution is 2.28. The number of nitrogens with one attached hydrogen (secondary N) is 1. The van der Waals surface area contributed by atoms with Gasteiger partial charge < -0.3 is 11.1 Å². The van der Waals surface area contributed by atoms with Gasteiger partial charge in [0.05, 0.1) is 6.04 Å². The minimum atomic E-state index is -0.615. The van der Waals surface area contributed by atoms with E-state index >= 15 is 0 Å². The summed E-state index contributed by atoms with van der Waals surface area (Å²) in [5.41, 5.74) is 7.99. The molecule has 19 heavy (non-hydrogen) atoms. The Hall–Kier alpha value is -2.01. The lowest BCUT2D eigenvalue weighted by Gasteiger charge is -2.20. The number of nitrogens with two attached hydrogens (primary N) is 1. The molecule has 0 aliphatic carbocycles. The molecule has 1 atom stereocenters. The second-order valence-corrected chi connectivity index (χ2v) is 4.35. The Morgan fingerprint density at radius 3 is 2.37 bits per heavy atom. The van der Waals surface area contributed by atoms with E-state index in [1.165, 1.54) is 12.1 Å². The molecule has 1 aromatic heterocycles. The van der Waals surface area contributed by atoms with Crippen molar-refractivity contribution in [2.75, 3.05) is 12.8 Å². The van der Waals surface area contributed by atoms with Crippen molar-refractivity contribution < 1.29 is 8.78 Å². The number of anilines is 1. The van der Waals surface area contributed by atoms with Crippen molar-refractivity contribution in [3.8, 4) is 0 Å². The lowest BCUT2D eigenvalue weighted by molar-refractivity contribution is 0.571. The lowest BCUT2D eigenvalue weighted by Crippen LogP contribution is -2.21. The number of nitrogen functional groups attached to an aromatic ring is 1. The Bertz CT molecular complexity index is 559. The monoisotopic (exact) mass is 263 g/mol. The fraction of sp³-hybridized carbons (Fsp3) is 0.214. The van der Waals surface area contributed by atoms with Gasteiger partial charge in [0.15, 0.2) is 0 Å². The first-order valence-corrected chi connectivity index (χ1v) is 5.87. The Balaban J connectivity index is 2.56. The maximum atomic E-state index is 13.3. The van der Waals surface area contributed by atoms with Crippen LogP contribution in [0.3, 0.4) is 0 Å². The smallest absolute Gasteiger partial charge is 0.128 e. The Kier molecular flexibility index (Phi) is 3.76. The van der Waals surface area contributed by atoms with Gasteiger partial charge in [0.2, 0.25) is 0 Å². The van der Waals surface area contributed by atoms with E-state index in [0.717, 1.165) is 17.2 Å². The first kappa shape index (κ1) is 13.4. The van der Waals surface area contributed by atoms with E-state index in [1.807, 2.05) is 13.0 Å². The van der Waals surface area contributed by atoms with E-state index in [-0.39, 0.29) is 0 Å². The van der Waals surface area contributed by atoms with Gasteiger partial charge in [-0.2, -0.15) is 0 Å². The Labute approximate surface area is 110 Å². The normalized spacial score (nSPS) is 12.4. The highest BCUT2D eigenvalue weighted by molar-refractivity contribution is 5.49. The van der Waals surface area contributed by atoms with Crippen LogP contribution in [0.15, 0.2) is 30.5 Å². The van der Waals surface area contributed by atoms with Gasteiger partial charge in [-0.3, -0.25) is 0 Å². The quantitative estimate of drug-likeness (QED) is 0.894. The van der Waals surface area contributed by atoms with E-state index in [9.17, 15) is 8.78 Å². The molecule has 1 aromatic carbocycles. The van der Waals surface area contributed by atoms with Gasteiger partial charge in [-0.05, 0) is 43.3 Å². The molecule has 0 bridgehead atoms. The van der Waals surface area contributed by atoms with Gasteiger partial charge in [-0.25, -0.2) is 13.8 Å². The minimum Gasteiger partial charge on any atom is -0.383 e. The molecule has 0 aliphatic rings. The topological polar surface area (TPSA) is 50.9 Å². The van der Waals surface area contributed by atoms with Crippen molar-refractivity contribution in [2.24, 2.45) is 0 Å². The predicted octanol–water partition coefficient (Wildman–Crippen LogP) is 2.56. The molecule has 3 nitrogen and oxygen atoms in total. The van der Waals surface area contributed by atoms with Crippen molar-refractivity contribution in [1.29, 1.82) is 0 Å². The number of nitrogens with zero attached hydrogens (tertiary/aromatic N) is 1. The van der Waals surface area contributed by atoms with E-state index in [2.05, 4.69) is 10.3 Å². The molecule has 0 radical (unpaired) electrons. The third-order valence-corrected chi connectivity index (χ3v) is 3.03. The van der Waals surface area contributed by atoms with E-state index in [1.54, 1.807) is 13.2 Å². The summed E-state index contributed by atoms with van der Waals surface area (Å²) in [5, 5.41) is 3.02. The van der Waals surface area contributed by atoms with Crippen molar-refractivity contribution in [3.63, 3.8) is 0 Å². The average Bonchev–Trinajstić information content (AvgIpc) is 2.32. The lowest BCUT2D eigenvalue weighted by atomic mass is 9.95.